The zero-order valence-corrected chi connectivity index (χ0v) is 8.31. The monoisotopic (exact) mass is 214 g/mol. The number of carbonyl (C=O) groups is 3. The molecule has 1 rings (SSSR count). The minimum absolute atomic E-state index is 0.0131. The lowest BCUT2D eigenvalue weighted by atomic mass is 10.1. The van der Waals surface area contributed by atoms with Crippen molar-refractivity contribution < 1.29 is 19.5 Å². The smallest absolute Gasteiger partial charge is 0.303 e. The molecule has 1 unspecified atom stereocenters. The molecule has 6 heteroatoms. The lowest BCUT2D eigenvalue weighted by Crippen LogP contribution is -2.31. The molecule has 0 radical (unpaired) electrons. The number of primary amides is 1. The van der Waals surface area contributed by atoms with Gasteiger partial charge in [-0.15, -0.1) is 0 Å². The Hall–Kier alpha value is -1.59. The third kappa shape index (κ3) is 3.23. The highest BCUT2D eigenvalue weighted by Crippen LogP contribution is 2.16. The highest BCUT2D eigenvalue weighted by atomic mass is 16.4. The van der Waals surface area contributed by atoms with Crippen LogP contribution in [0.4, 0.5) is 0 Å². The van der Waals surface area contributed by atoms with Crippen LogP contribution in [-0.2, 0) is 14.4 Å². The molecule has 0 aromatic carbocycles. The van der Waals surface area contributed by atoms with Crippen molar-refractivity contribution in [3.8, 4) is 0 Å². The minimum atomic E-state index is -0.992. The molecule has 1 aliphatic rings. The maximum Gasteiger partial charge on any atom is 0.303 e. The molecule has 3 N–H and O–H groups in total. The maximum atomic E-state index is 11.4. The van der Waals surface area contributed by atoms with Crippen molar-refractivity contribution in [2.45, 2.75) is 19.3 Å². The molecule has 0 aliphatic carbocycles. The SMILES string of the molecule is NC(=O)C1CCN(C(=O)CCC(=O)O)C1. The van der Waals surface area contributed by atoms with Crippen molar-refractivity contribution in [3.63, 3.8) is 0 Å². The van der Waals surface area contributed by atoms with Crippen LogP contribution in [0.5, 0.6) is 0 Å². The summed E-state index contributed by atoms with van der Waals surface area (Å²) in [5.41, 5.74) is 5.11. The molecule has 6 nitrogen and oxygen atoms in total. The second kappa shape index (κ2) is 4.77. The fourth-order valence-corrected chi connectivity index (χ4v) is 1.59. The van der Waals surface area contributed by atoms with Crippen LogP contribution >= 0.6 is 0 Å². The molecule has 0 aromatic rings. The highest BCUT2D eigenvalue weighted by Gasteiger charge is 2.29. The molecule has 0 spiro atoms. The second-order valence-electron chi connectivity index (χ2n) is 3.62. The van der Waals surface area contributed by atoms with Gasteiger partial charge in [-0.05, 0) is 6.42 Å². The van der Waals surface area contributed by atoms with Crippen LogP contribution in [0.1, 0.15) is 19.3 Å². The summed E-state index contributed by atoms with van der Waals surface area (Å²) < 4.78 is 0. The van der Waals surface area contributed by atoms with E-state index >= 15 is 0 Å². The van der Waals surface area contributed by atoms with Crippen molar-refractivity contribution in [3.05, 3.63) is 0 Å². The Morgan fingerprint density at radius 3 is 2.47 bits per heavy atom. The molecule has 0 aromatic heterocycles. The summed E-state index contributed by atoms with van der Waals surface area (Å²) in [6.07, 6.45) is 0.394. The Morgan fingerprint density at radius 1 is 1.33 bits per heavy atom. The number of hydrogen-bond donors (Lipinski definition) is 2. The van der Waals surface area contributed by atoms with E-state index in [0.29, 0.717) is 19.5 Å². The molecule has 15 heavy (non-hydrogen) atoms. The fourth-order valence-electron chi connectivity index (χ4n) is 1.59. The second-order valence-corrected chi connectivity index (χ2v) is 3.62. The Morgan fingerprint density at radius 2 is 2.00 bits per heavy atom. The fraction of sp³-hybridized carbons (Fsp3) is 0.667. The van der Waals surface area contributed by atoms with E-state index in [1.54, 1.807) is 0 Å². The van der Waals surface area contributed by atoms with Gasteiger partial charge in [-0.1, -0.05) is 0 Å². The lowest BCUT2D eigenvalue weighted by molar-refractivity contribution is -0.140. The van der Waals surface area contributed by atoms with Gasteiger partial charge < -0.3 is 15.7 Å². The standard InChI is InChI=1S/C9H14N2O4/c10-9(15)6-3-4-11(5-6)7(12)1-2-8(13)14/h6H,1-5H2,(H2,10,15)(H,13,14). The van der Waals surface area contributed by atoms with Gasteiger partial charge in [0.05, 0.1) is 12.3 Å². The van der Waals surface area contributed by atoms with Crippen LogP contribution < -0.4 is 5.73 Å². The molecule has 0 saturated carbocycles. The summed E-state index contributed by atoms with van der Waals surface area (Å²) in [5, 5.41) is 8.40. The lowest BCUT2D eigenvalue weighted by Gasteiger charge is -2.14. The van der Waals surface area contributed by atoms with Gasteiger partial charge in [-0.25, -0.2) is 0 Å². The zero-order valence-electron chi connectivity index (χ0n) is 8.31. The average molecular weight is 214 g/mol. The number of nitrogens with zero attached hydrogens (tertiary/aromatic N) is 1. The normalized spacial score (nSPS) is 20.3. The van der Waals surface area contributed by atoms with Gasteiger partial charge in [0.2, 0.25) is 11.8 Å². The van der Waals surface area contributed by atoms with Crippen molar-refractivity contribution in [1.29, 1.82) is 0 Å². The Labute approximate surface area is 87.0 Å². The number of nitrogens with two attached hydrogens (primary N) is 1. The first-order chi connectivity index (χ1) is 7.00. The van der Waals surface area contributed by atoms with Crippen LogP contribution in [0.25, 0.3) is 0 Å². The molecule has 1 fully saturated rings. The summed E-state index contributed by atoms with van der Waals surface area (Å²) in [6, 6.07) is 0. The van der Waals surface area contributed by atoms with Gasteiger partial charge in [0.1, 0.15) is 0 Å². The highest BCUT2D eigenvalue weighted by molar-refractivity contribution is 5.83. The van der Waals surface area contributed by atoms with E-state index in [0.717, 1.165) is 0 Å². The van der Waals surface area contributed by atoms with E-state index in [4.69, 9.17) is 10.8 Å². The van der Waals surface area contributed by atoms with Crippen LogP contribution in [-0.4, -0.2) is 40.9 Å². The first-order valence-corrected chi connectivity index (χ1v) is 4.79. The van der Waals surface area contributed by atoms with E-state index in [2.05, 4.69) is 0 Å². The number of carboxylic acid groups (broad SMARTS) is 1. The van der Waals surface area contributed by atoms with Crippen LogP contribution in [0.15, 0.2) is 0 Å². The summed E-state index contributed by atoms with van der Waals surface area (Å²) >= 11 is 0. The Bertz CT molecular complexity index is 290. The quantitative estimate of drug-likeness (QED) is 0.638. The predicted molar refractivity (Wildman–Crippen MR) is 50.8 cm³/mol. The number of hydrogen-bond acceptors (Lipinski definition) is 3. The molecule has 84 valence electrons. The third-order valence-corrected chi connectivity index (χ3v) is 2.50. The molecule has 1 atom stereocenters. The molecular weight excluding hydrogens is 200 g/mol. The van der Waals surface area contributed by atoms with Gasteiger partial charge in [-0.2, -0.15) is 0 Å². The van der Waals surface area contributed by atoms with E-state index in [1.807, 2.05) is 0 Å². The maximum absolute atomic E-state index is 11.4. The van der Waals surface area contributed by atoms with Crippen LogP contribution in [0.3, 0.4) is 0 Å². The molecule has 1 aliphatic heterocycles. The Balaban J connectivity index is 2.36. The summed E-state index contributed by atoms with van der Waals surface area (Å²) in [5.74, 6) is -1.89. The summed E-state index contributed by atoms with van der Waals surface area (Å²) in [7, 11) is 0. The van der Waals surface area contributed by atoms with Gasteiger partial charge in [-0.3, -0.25) is 14.4 Å². The number of amides is 2. The van der Waals surface area contributed by atoms with E-state index < -0.39 is 11.9 Å². The molecule has 1 heterocycles. The van der Waals surface area contributed by atoms with Crippen molar-refractivity contribution in [2.75, 3.05) is 13.1 Å². The van der Waals surface area contributed by atoms with Gasteiger partial charge in [0.25, 0.3) is 0 Å². The van der Waals surface area contributed by atoms with E-state index in [-0.39, 0.29) is 24.7 Å². The number of aliphatic carboxylic acids is 1. The summed E-state index contributed by atoms with van der Waals surface area (Å²) in [6.45, 7) is 0.819. The van der Waals surface area contributed by atoms with Gasteiger partial charge in [0.15, 0.2) is 0 Å². The average Bonchev–Trinajstić information content (AvgIpc) is 2.62. The number of rotatable bonds is 4. The topological polar surface area (TPSA) is 101 Å². The third-order valence-electron chi connectivity index (χ3n) is 2.50. The molecular formula is C9H14N2O4. The largest absolute Gasteiger partial charge is 0.481 e. The number of carbonyl (C=O) groups excluding carboxylic acids is 2. The van der Waals surface area contributed by atoms with Crippen LogP contribution in [0.2, 0.25) is 0 Å². The van der Waals surface area contributed by atoms with Crippen molar-refractivity contribution >= 4 is 17.8 Å². The van der Waals surface area contributed by atoms with Crippen molar-refractivity contribution in [1.82, 2.24) is 4.90 Å². The first kappa shape index (κ1) is 11.5. The molecule has 2 amide bonds. The molecule has 1 saturated heterocycles. The number of carboxylic acids is 1. The Kier molecular flexibility index (Phi) is 3.65. The zero-order chi connectivity index (χ0) is 11.4. The van der Waals surface area contributed by atoms with Crippen molar-refractivity contribution in [2.24, 2.45) is 11.7 Å². The number of likely N-dealkylation sites (tertiary alicyclic amines) is 1. The van der Waals surface area contributed by atoms with Crippen LogP contribution in [0, 0.1) is 5.92 Å². The van der Waals surface area contributed by atoms with Gasteiger partial charge in [0, 0.05) is 19.5 Å². The van der Waals surface area contributed by atoms with E-state index in [1.165, 1.54) is 4.90 Å². The van der Waals surface area contributed by atoms with E-state index in [9.17, 15) is 14.4 Å². The molecule has 0 bridgehead atoms. The predicted octanol–water partition coefficient (Wildman–Crippen LogP) is -0.815. The minimum Gasteiger partial charge on any atom is -0.481 e. The van der Waals surface area contributed by atoms with Gasteiger partial charge >= 0.3 is 5.97 Å². The first-order valence-electron chi connectivity index (χ1n) is 4.79. The summed E-state index contributed by atoms with van der Waals surface area (Å²) in [4.78, 5) is 34.0.